The van der Waals surface area contributed by atoms with E-state index >= 15 is 0 Å². The first kappa shape index (κ1) is 16.3. The number of fused-ring (bicyclic) bond motifs is 2. The number of piperazine rings is 1. The molecule has 0 aromatic heterocycles. The van der Waals surface area contributed by atoms with Crippen molar-refractivity contribution < 1.29 is 17.6 Å². The fourth-order valence-corrected chi connectivity index (χ4v) is 5.71. The van der Waals surface area contributed by atoms with Crippen molar-refractivity contribution in [3.63, 3.8) is 0 Å². The second-order valence-electron chi connectivity index (χ2n) is 6.43. The molecule has 0 spiro atoms. The molecule has 0 aliphatic carbocycles. The van der Waals surface area contributed by atoms with Gasteiger partial charge in [0, 0.05) is 25.2 Å². The van der Waals surface area contributed by atoms with E-state index in [1.807, 2.05) is 0 Å². The summed E-state index contributed by atoms with van der Waals surface area (Å²) in [5, 5.41) is 7.48. The van der Waals surface area contributed by atoms with Crippen molar-refractivity contribution in [1.29, 1.82) is 0 Å². The van der Waals surface area contributed by atoms with Gasteiger partial charge in [0.15, 0.2) is 0 Å². The highest BCUT2D eigenvalue weighted by molar-refractivity contribution is 7.89. The lowest BCUT2D eigenvalue weighted by molar-refractivity contribution is -0.129. The number of azo groups is 1. The van der Waals surface area contributed by atoms with E-state index in [0.717, 1.165) is 6.07 Å². The number of nitrogens with zero attached hydrogens (tertiary/aromatic N) is 4. The van der Waals surface area contributed by atoms with E-state index in [9.17, 15) is 17.6 Å². The minimum atomic E-state index is -3.93. The number of hydrogen-bond acceptors (Lipinski definition) is 5. The van der Waals surface area contributed by atoms with E-state index in [1.54, 1.807) is 4.90 Å². The van der Waals surface area contributed by atoms with Gasteiger partial charge in [0.1, 0.15) is 10.7 Å². The zero-order valence-electron chi connectivity index (χ0n) is 13.4. The van der Waals surface area contributed by atoms with Crippen LogP contribution < -0.4 is 0 Å². The molecule has 1 amide bonds. The van der Waals surface area contributed by atoms with Crippen LogP contribution in [0.5, 0.6) is 0 Å². The lowest BCUT2D eigenvalue weighted by atomic mass is 10.2. The molecule has 3 aliphatic heterocycles. The van der Waals surface area contributed by atoms with E-state index < -0.39 is 15.8 Å². The van der Waals surface area contributed by atoms with E-state index in [0.29, 0.717) is 31.5 Å². The number of benzene rings is 1. The molecule has 0 N–H and O–H groups in total. The molecule has 2 fully saturated rings. The number of likely N-dealkylation sites (tertiary alicyclic amines) is 1. The molecule has 132 valence electrons. The van der Waals surface area contributed by atoms with Gasteiger partial charge in [-0.25, -0.2) is 12.8 Å². The summed E-state index contributed by atoms with van der Waals surface area (Å²) < 4.78 is 41.3. The minimum Gasteiger partial charge on any atom is -0.336 e. The average Bonchev–Trinajstić information content (AvgIpc) is 3.21. The molecule has 1 aromatic carbocycles. The zero-order valence-corrected chi connectivity index (χ0v) is 14.2. The van der Waals surface area contributed by atoms with Gasteiger partial charge in [-0.15, -0.1) is 0 Å². The van der Waals surface area contributed by atoms with Gasteiger partial charge in [-0.2, -0.15) is 14.5 Å². The van der Waals surface area contributed by atoms with Crippen LogP contribution in [0.1, 0.15) is 12.8 Å². The van der Waals surface area contributed by atoms with Gasteiger partial charge in [-0.3, -0.25) is 4.79 Å². The molecule has 0 radical (unpaired) electrons. The first-order chi connectivity index (χ1) is 12.0. The Bertz CT molecular complexity index is 869. The fraction of sp³-hybridized carbons (Fsp3) is 0.438. The van der Waals surface area contributed by atoms with Gasteiger partial charge in [0.2, 0.25) is 10.0 Å². The molecule has 3 heterocycles. The van der Waals surface area contributed by atoms with Gasteiger partial charge in [0.25, 0.3) is 5.91 Å². The molecule has 2 saturated heterocycles. The molecule has 2 bridgehead atoms. The smallest absolute Gasteiger partial charge is 0.253 e. The van der Waals surface area contributed by atoms with Gasteiger partial charge >= 0.3 is 0 Å². The quantitative estimate of drug-likeness (QED) is 0.816. The molecular formula is C16H17FN4O3S. The second-order valence-corrected chi connectivity index (χ2v) is 8.24. The third-order valence-electron chi connectivity index (χ3n) is 4.91. The van der Waals surface area contributed by atoms with Crippen molar-refractivity contribution in [3.8, 4) is 0 Å². The van der Waals surface area contributed by atoms with E-state index in [4.69, 9.17) is 0 Å². The first-order valence-electron chi connectivity index (χ1n) is 8.11. The van der Waals surface area contributed by atoms with Crippen molar-refractivity contribution >= 4 is 15.9 Å². The summed E-state index contributed by atoms with van der Waals surface area (Å²) in [5.74, 6) is -0.899. The van der Waals surface area contributed by atoms with E-state index in [2.05, 4.69) is 10.2 Å². The van der Waals surface area contributed by atoms with Gasteiger partial charge in [-0.05, 0) is 25.0 Å². The molecule has 0 saturated carbocycles. The van der Waals surface area contributed by atoms with Crippen LogP contribution in [0.25, 0.3) is 0 Å². The van der Waals surface area contributed by atoms with Crippen LogP contribution in [0.4, 0.5) is 4.39 Å². The van der Waals surface area contributed by atoms with Crippen molar-refractivity contribution in [2.75, 3.05) is 19.6 Å². The highest BCUT2D eigenvalue weighted by Crippen LogP contribution is 2.36. The minimum absolute atomic E-state index is 0.148. The molecule has 2 unspecified atom stereocenters. The Morgan fingerprint density at radius 2 is 1.84 bits per heavy atom. The van der Waals surface area contributed by atoms with Crippen LogP contribution in [0.2, 0.25) is 0 Å². The van der Waals surface area contributed by atoms with Gasteiger partial charge < -0.3 is 4.90 Å². The van der Waals surface area contributed by atoms with Crippen LogP contribution in [0.3, 0.4) is 0 Å². The maximum absolute atomic E-state index is 14.0. The molecule has 9 heteroatoms. The summed E-state index contributed by atoms with van der Waals surface area (Å²) in [5.41, 5.74) is 0.518. The first-order valence-corrected chi connectivity index (χ1v) is 9.55. The van der Waals surface area contributed by atoms with Crippen molar-refractivity contribution in [1.82, 2.24) is 9.21 Å². The summed E-state index contributed by atoms with van der Waals surface area (Å²) in [6.07, 6.45) is 2.78. The number of sulfonamides is 1. The largest absolute Gasteiger partial charge is 0.336 e. The predicted octanol–water partition coefficient (Wildman–Crippen LogP) is 1.54. The third kappa shape index (κ3) is 2.67. The van der Waals surface area contributed by atoms with Crippen LogP contribution in [-0.2, 0) is 14.8 Å². The number of carbonyl (C=O) groups is 1. The van der Waals surface area contributed by atoms with Crippen LogP contribution in [-0.4, -0.2) is 55.2 Å². The number of halogens is 1. The third-order valence-corrected chi connectivity index (χ3v) is 6.94. The maximum atomic E-state index is 14.0. The summed E-state index contributed by atoms with van der Waals surface area (Å²) in [4.78, 5) is 13.9. The number of hydrogen-bond donors (Lipinski definition) is 0. The summed E-state index contributed by atoms with van der Waals surface area (Å²) in [6, 6.07) is 4.75. The average molecular weight is 364 g/mol. The second kappa shape index (κ2) is 5.99. The lowest BCUT2D eigenvalue weighted by Gasteiger charge is -2.40. The highest BCUT2D eigenvalue weighted by Gasteiger charge is 2.48. The van der Waals surface area contributed by atoms with Crippen molar-refractivity contribution in [2.24, 2.45) is 10.2 Å². The van der Waals surface area contributed by atoms with Crippen LogP contribution >= 0.6 is 0 Å². The van der Waals surface area contributed by atoms with Crippen LogP contribution in [0, 0.1) is 5.82 Å². The van der Waals surface area contributed by atoms with Crippen molar-refractivity contribution in [2.45, 2.75) is 29.8 Å². The molecule has 3 aliphatic rings. The van der Waals surface area contributed by atoms with E-state index in [-0.39, 0.29) is 29.4 Å². The van der Waals surface area contributed by atoms with Gasteiger partial charge in [-0.1, -0.05) is 12.1 Å². The Balaban J connectivity index is 1.59. The Hall–Kier alpha value is -2.13. The zero-order chi connectivity index (χ0) is 17.6. The fourth-order valence-electron chi connectivity index (χ4n) is 3.78. The van der Waals surface area contributed by atoms with E-state index in [1.165, 1.54) is 28.7 Å². The molecule has 25 heavy (non-hydrogen) atoms. The topological polar surface area (TPSA) is 82.4 Å². The summed E-state index contributed by atoms with van der Waals surface area (Å²) in [6.45, 7) is 0.878. The normalized spacial score (nSPS) is 26.1. The Labute approximate surface area is 144 Å². The lowest BCUT2D eigenvalue weighted by Crippen LogP contribution is -2.57. The Morgan fingerprint density at radius 3 is 2.44 bits per heavy atom. The van der Waals surface area contributed by atoms with Gasteiger partial charge in [0.05, 0.1) is 18.3 Å². The van der Waals surface area contributed by atoms with Crippen molar-refractivity contribution in [3.05, 3.63) is 41.9 Å². The molecule has 4 rings (SSSR count). The summed E-state index contributed by atoms with van der Waals surface area (Å²) >= 11 is 0. The number of amides is 1. The molecular weight excluding hydrogens is 347 g/mol. The molecule has 1 aromatic rings. The van der Waals surface area contributed by atoms with Crippen LogP contribution in [0.15, 0.2) is 51.2 Å². The highest BCUT2D eigenvalue weighted by atomic mass is 32.2. The Morgan fingerprint density at radius 1 is 1.16 bits per heavy atom. The standard InChI is InChI=1S/C16H17FN4O3S/c17-14-3-1-2-4-15(14)25(23,24)21-12-5-6-13(21)10-20(9-12)16(22)11-7-18-19-8-11/h1-4,7,12-13H,5-6,8-10H2. The monoisotopic (exact) mass is 364 g/mol. The SMILES string of the molecule is O=C(C1=CN=NC1)N1CC2CCC(C1)N2S(=O)(=O)c1ccccc1F. The maximum Gasteiger partial charge on any atom is 0.253 e. The Kier molecular flexibility index (Phi) is 3.92. The predicted molar refractivity (Wildman–Crippen MR) is 86.6 cm³/mol. The summed E-state index contributed by atoms with van der Waals surface area (Å²) in [7, 11) is -3.93. The number of rotatable bonds is 3. The molecule has 7 nitrogen and oxygen atoms in total. The number of carbonyl (C=O) groups excluding carboxylic acids is 1. The molecule has 2 atom stereocenters.